The lowest BCUT2D eigenvalue weighted by Gasteiger charge is -2.12. The van der Waals surface area contributed by atoms with Crippen LogP contribution in [0.3, 0.4) is 0 Å². The Morgan fingerprint density at radius 2 is 2.24 bits per heavy atom. The van der Waals surface area contributed by atoms with Crippen LogP contribution in [0.1, 0.15) is 19.7 Å². The fraction of sp³-hybridized carbons (Fsp3) is 0.769. The number of aryl methyl sites for hydroxylation is 1. The number of guanidine groups is 1. The summed E-state index contributed by atoms with van der Waals surface area (Å²) in [5.74, 6) is 1.74. The normalized spacial score (nSPS) is 11.7. The van der Waals surface area contributed by atoms with Crippen LogP contribution in [0.2, 0.25) is 0 Å². The van der Waals surface area contributed by atoms with E-state index in [0.717, 1.165) is 37.8 Å². The Hall–Kier alpha value is -1.67. The van der Waals surface area contributed by atoms with Crippen molar-refractivity contribution < 1.29 is 9.84 Å². The second kappa shape index (κ2) is 11.0. The fourth-order valence-corrected chi connectivity index (χ4v) is 1.76. The van der Waals surface area contributed by atoms with Gasteiger partial charge in [0.25, 0.3) is 0 Å². The van der Waals surface area contributed by atoms with Crippen LogP contribution in [0.25, 0.3) is 0 Å². The minimum absolute atomic E-state index is 0.0424. The molecule has 0 radical (unpaired) electrons. The molecule has 120 valence electrons. The number of hydrogen-bond donors (Lipinski definition) is 3. The summed E-state index contributed by atoms with van der Waals surface area (Å²) in [6.07, 6.45) is 2.61. The summed E-state index contributed by atoms with van der Waals surface area (Å²) >= 11 is 0. The van der Waals surface area contributed by atoms with Gasteiger partial charge in [0.05, 0.1) is 26.4 Å². The summed E-state index contributed by atoms with van der Waals surface area (Å²) < 4.78 is 7.20. The van der Waals surface area contributed by atoms with Crippen molar-refractivity contribution in [1.82, 2.24) is 25.4 Å². The van der Waals surface area contributed by atoms with E-state index in [9.17, 15) is 0 Å². The third-order valence-corrected chi connectivity index (χ3v) is 2.74. The minimum Gasteiger partial charge on any atom is -0.394 e. The molecule has 0 saturated carbocycles. The zero-order chi connectivity index (χ0) is 15.3. The Morgan fingerprint density at radius 1 is 1.38 bits per heavy atom. The van der Waals surface area contributed by atoms with E-state index in [0.29, 0.717) is 19.8 Å². The van der Waals surface area contributed by atoms with Crippen LogP contribution in [0.15, 0.2) is 11.3 Å². The number of ether oxygens (including phenoxy) is 1. The minimum atomic E-state index is 0.0424. The number of aliphatic hydroxyl groups excluding tert-OH is 1. The monoisotopic (exact) mass is 298 g/mol. The molecule has 1 aromatic rings. The molecule has 0 bridgehead atoms. The highest BCUT2D eigenvalue weighted by molar-refractivity contribution is 5.79. The summed E-state index contributed by atoms with van der Waals surface area (Å²) in [6.45, 7) is 7.88. The summed E-state index contributed by atoms with van der Waals surface area (Å²) in [7, 11) is 0. The molecule has 1 heterocycles. The number of hydrogen-bond acceptors (Lipinski definition) is 5. The van der Waals surface area contributed by atoms with Gasteiger partial charge in [-0.2, -0.15) is 0 Å². The molecule has 1 aromatic heterocycles. The number of aliphatic imine (C=N–C) groups is 1. The van der Waals surface area contributed by atoms with Gasteiger partial charge in [-0.25, -0.2) is 0 Å². The highest BCUT2D eigenvalue weighted by atomic mass is 16.5. The van der Waals surface area contributed by atoms with E-state index < -0.39 is 0 Å². The molecular formula is C13H26N6O2. The van der Waals surface area contributed by atoms with E-state index in [2.05, 4.69) is 32.7 Å². The third kappa shape index (κ3) is 7.05. The molecule has 0 fully saturated rings. The first kappa shape index (κ1) is 17.4. The third-order valence-electron chi connectivity index (χ3n) is 2.74. The largest absolute Gasteiger partial charge is 0.394 e. The maximum absolute atomic E-state index is 8.61. The van der Waals surface area contributed by atoms with Crippen molar-refractivity contribution in [1.29, 1.82) is 0 Å². The first-order valence-corrected chi connectivity index (χ1v) is 7.39. The molecule has 0 aliphatic heterocycles. The molecule has 0 aromatic carbocycles. The van der Waals surface area contributed by atoms with Crippen molar-refractivity contribution in [3.8, 4) is 0 Å². The SMILES string of the molecule is CCNC(=NCCOCCO)NCCn1cnnc1CC. The van der Waals surface area contributed by atoms with Gasteiger partial charge in [0.2, 0.25) is 0 Å². The zero-order valence-corrected chi connectivity index (χ0v) is 12.9. The van der Waals surface area contributed by atoms with Gasteiger partial charge in [-0.15, -0.1) is 10.2 Å². The Morgan fingerprint density at radius 3 is 2.95 bits per heavy atom. The average Bonchev–Trinajstić information content (AvgIpc) is 2.94. The second-order valence-corrected chi connectivity index (χ2v) is 4.32. The van der Waals surface area contributed by atoms with Crippen molar-refractivity contribution in [2.45, 2.75) is 26.8 Å². The van der Waals surface area contributed by atoms with Crippen LogP contribution in [0.5, 0.6) is 0 Å². The van der Waals surface area contributed by atoms with Crippen LogP contribution in [0, 0.1) is 0 Å². The molecule has 0 atom stereocenters. The lowest BCUT2D eigenvalue weighted by molar-refractivity contribution is 0.0977. The van der Waals surface area contributed by atoms with Crippen molar-refractivity contribution in [3.63, 3.8) is 0 Å². The second-order valence-electron chi connectivity index (χ2n) is 4.32. The van der Waals surface area contributed by atoms with E-state index in [-0.39, 0.29) is 6.61 Å². The van der Waals surface area contributed by atoms with E-state index in [4.69, 9.17) is 9.84 Å². The van der Waals surface area contributed by atoms with E-state index in [1.165, 1.54) is 0 Å². The molecular weight excluding hydrogens is 272 g/mol. The Labute approximate surface area is 125 Å². The smallest absolute Gasteiger partial charge is 0.191 e. The van der Waals surface area contributed by atoms with E-state index >= 15 is 0 Å². The molecule has 0 spiro atoms. The lowest BCUT2D eigenvalue weighted by Crippen LogP contribution is -2.39. The Balaban J connectivity index is 2.31. The topological polar surface area (TPSA) is 96.6 Å². The summed E-state index contributed by atoms with van der Waals surface area (Å²) in [5.41, 5.74) is 0. The highest BCUT2D eigenvalue weighted by Gasteiger charge is 2.02. The van der Waals surface area contributed by atoms with Crippen molar-refractivity contribution >= 4 is 5.96 Å². The van der Waals surface area contributed by atoms with Crippen molar-refractivity contribution in [2.24, 2.45) is 4.99 Å². The number of aliphatic hydroxyl groups is 1. The van der Waals surface area contributed by atoms with Gasteiger partial charge in [-0.1, -0.05) is 6.92 Å². The molecule has 3 N–H and O–H groups in total. The van der Waals surface area contributed by atoms with Gasteiger partial charge in [0.15, 0.2) is 5.96 Å². The van der Waals surface area contributed by atoms with Crippen molar-refractivity contribution in [3.05, 3.63) is 12.2 Å². The number of nitrogens with zero attached hydrogens (tertiary/aromatic N) is 4. The van der Waals surface area contributed by atoms with Gasteiger partial charge < -0.3 is 25.0 Å². The standard InChI is InChI=1S/C13H26N6O2/c1-3-12-18-17-11-19(12)7-5-15-13(14-4-2)16-6-9-21-10-8-20/h11,20H,3-10H2,1-2H3,(H2,14,15,16). The maximum Gasteiger partial charge on any atom is 0.191 e. The molecule has 8 nitrogen and oxygen atoms in total. The predicted octanol–water partition coefficient (Wildman–Crippen LogP) is -0.595. The molecule has 0 aliphatic rings. The molecule has 0 amide bonds. The molecule has 0 unspecified atom stereocenters. The van der Waals surface area contributed by atoms with Gasteiger partial charge in [-0.3, -0.25) is 4.99 Å². The molecule has 1 rings (SSSR count). The quantitative estimate of drug-likeness (QED) is 0.303. The van der Waals surface area contributed by atoms with E-state index in [1.807, 2.05) is 11.5 Å². The summed E-state index contributed by atoms with van der Waals surface area (Å²) in [5, 5.41) is 23.0. The zero-order valence-electron chi connectivity index (χ0n) is 12.9. The Bertz CT molecular complexity index is 407. The number of nitrogens with one attached hydrogen (secondary N) is 2. The van der Waals surface area contributed by atoms with Gasteiger partial charge in [-0.05, 0) is 6.92 Å². The molecule has 21 heavy (non-hydrogen) atoms. The fourth-order valence-electron chi connectivity index (χ4n) is 1.76. The van der Waals surface area contributed by atoms with Crippen LogP contribution in [-0.4, -0.2) is 65.3 Å². The summed E-state index contributed by atoms with van der Waals surface area (Å²) in [4.78, 5) is 4.39. The predicted molar refractivity (Wildman–Crippen MR) is 81.3 cm³/mol. The van der Waals surface area contributed by atoms with E-state index in [1.54, 1.807) is 6.33 Å². The van der Waals surface area contributed by atoms with Gasteiger partial charge in [0.1, 0.15) is 12.2 Å². The van der Waals surface area contributed by atoms with Crippen LogP contribution in [0.4, 0.5) is 0 Å². The van der Waals surface area contributed by atoms with Gasteiger partial charge in [0, 0.05) is 26.1 Å². The lowest BCUT2D eigenvalue weighted by atomic mass is 10.4. The first-order valence-electron chi connectivity index (χ1n) is 7.39. The van der Waals surface area contributed by atoms with Crippen LogP contribution >= 0.6 is 0 Å². The van der Waals surface area contributed by atoms with Gasteiger partial charge >= 0.3 is 0 Å². The average molecular weight is 298 g/mol. The Kier molecular flexibility index (Phi) is 9.14. The van der Waals surface area contributed by atoms with Crippen molar-refractivity contribution in [2.75, 3.05) is 39.5 Å². The number of aromatic nitrogens is 3. The molecule has 8 heteroatoms. The first-order chi connectivity index (χ1) is 10.3. The molecule has 0 aliphatic carbocycles. The summed E-state index contributed by atoms with van der Waals surface area (Å²) in [6, 6.07) is 0. The van der Waals surface area contributed by atoms with Crippen LogP contribution < -0.4 is 10.6 Å². The molecule has 0 saturated heterocycles. The number of rotatable bonds is 10. The highest BCUT2D eigenvalue weighted by Crippen LogP contribution is 1.94. The van der Waals surface area contributed by atoms with Crippen LogP contribution in [-0.2, 0) is 17.7 Å². The maximum atomic E-state index is 8.61.